The van der Waals surface area contributed by atoms with Gasteiger partial charge in [-0.2, -0.15) is 0 Å². The van der Waals surface area contributed by atoms with Crippen molar-refractivity contribution in [2.45, 2.75) is 116 Å². The van der Waals surface area contributed by atoms with E-state index in [0.717, 1.165) is 115 Å². The topological polar surface area (TPSA) is 88.1 Å². The van der Waals surface area contributed by atoms with Crippen molar-refractivity contribution >= 4 is 12.0 Å². The molecule has 9 nitrogen and oxygen atoms in total. The summed E-state index contributed by atoms with van der Waals surface area (Å²) >= 11 is 0. The number of amides is 2. The van der Waals surface area contributed by atoms with E-state index in [0.29, 0.717) is 23.5 Å². The van der Waals surface area contributed by atoms with E-state index in [1.807, 2.05) is 30.8 Å². The Bertz CT molecular complexity index is 1070. The maximum atomic E-state index is 13.4. The second kappa shape index (κ2) is 13.2. The van der Waals surface area contributed by atoms with Crippen LogP contribution in [0.2, 0.25) is 0 Å². The highest BCUT2D eigenvalue weighted by molar-refractivity contribution is 5.96. The fourth-order valence-corrected chi connectivity index (χ4v) is 8.15. The van der Waals surface area contributed by atoms with Gasteiger partial charge in [-0.15, -0.1) is 0 Å². The maximum Gasteiger partial charge on any atom is 0.410 e. The van der Waals surface area contributed by atoms with Crippen LogP contribution in [0.3, 0.4) is 0 Å². The molecule has 4 aliphatic rings. The smallest absolute Gasteiger partial charge is 0.410 e. The summed E-state index contributed by atoms with van der Waals surface area (Å²) in [5.74, 6) is 0.987. The molecule has 9 heteroatoms. The van der Waals surface area contributed by atoms with E-state index in [2.05, 4.69) is 28.7 Å². The molecule has 42 heavy (non-hydrogen) atoms. The number of aryl methyl sites for hydroxylation is 2. The molecule has 1 saturated carbocycles. The van der Waals surface area contributed by atoms with E-state index in [4.69, 9.17) is 9.47 Å². The van der Waals surface area contributed by atoms with Crippen molar-refractivity contribution in [2.24, 2.45) is 11.8 Å². The van der Waals surface area contributed by atoms with Gasteiger partial charge >= 0.3 is 6.09 Å². The molecule has 1 atom stereocenters. The molecule has 1 aromatic rings. The van der Waals surface area contributed by atoms with Crippen LogP contribution in [-0.2, 0) is 9.47 Å². The summed E-state index contributed by atoms with van der Waals surface area (Å²) in [6, 6.07) is 0. The minimum atomic E-state index is -0.345. The van der Waals surface area contributed by atoms with Gasteiger partial charge in [0.05, 0.1) is 23.1 Å². The van der Waals surface area contributed by atoms with E-state index >= 15 is 0 Å². The molecule has 1 aliphatic carbocycles. The summed E-state index contributed by atoms with van der Waals surface area (Å²) in [6.45, 7) is 13.4. The number of rotatable bonds is 8. The molecule has 4 fully saturated rings. The Balaban J connectivity index is 1.18. The van der Waals surface area contributed by atoms with E-state index in [-0.39, 0.29) is 23.1 Å². The fourth-order valence-electron chi connectivity index (χ4n) is 8.15. The molecular formula is C33H53N5O4. The van der Waals surface area contributed by atoms with Gasteiger partial charge in [-0.05, 0) is 71.6 Å². The SMILES string of the molecule is CCCC[C@H]1CN(CC2CCC(OC)CC2)C(=O)OC12CCN(C1(C)CCN(C(=O)c3c(C)ncnc3C)CC1)CC2. The molecule has 5 rings (SSSR count). The van der Waals surface area contributed by atoms with Gasteiger partial charge in [0.25, 0.3) is 5.91 Å². The molecule has 2 amide bonds. The van der Waals surface area contributed by atoms with Crippen molar-refractivity contribution in [3.05, 3.63) is 23.3 Å². The number of hydrogen-bond donors (Lipinski definition) is 0. The zero-order chi connectivity index (χ0) is 29.9. The van der Waals surface area contributed by atoms with Gasteiger partial charge in [0.2, 0.25) is 0 Å². The summed E-state index contributed by atoms with van der Waals surface area (Å²) in [4.78, 5) is 41.9. The fraction of sp³-hybridized carbons (Fsp3) is 0.818. The van der Waals surface area contributed by atoms with Crippen LogP contribution >= 0.6 is 0 Å². The lowest BCUT2D eigenvalue weighted by molar-refractivity contribution is -0.134. The van der Waals surface area contributed by atoms with Crippen LogP contribution in [0.1, 0.15) is 106 Å². The van der Waals surface area contributed by atoms with E-state index < -0.39 is 0 Å². The third kappa shape index (κ3) is 6.47. The number of aromatic nitrogens is 2. The minimum absolute atomic E-state index is 0.0420. The first-order chi connectivity index (χ1) is 20.2. The Morgan fingerprint density at radius 2 is 1.67 bits per heavy atom. The molecule has 0 N–H and O–H groups in total. The van der Waals surface area contributed by atoms with Crippen LogP contribution in [0.4, 0.5) is 4.79 Å². The van der Waals surface area contributed by atoms with Gasteiger partial charge in [0.15, 0.2) is 0 Å². The summed E-state index contributed by atoms with van der Waals surface area (Å²) in [5, 5.41) is 0. The van der Waals surface area contributed by atoms with Crippen molar-refractivity contribution in [1.29, 1.82) is 0 Å². The van der Waals surface area contributed by atoms with Crippen LogP contribution in [0.25, 0.3) is 0 Å². The highest BCUT2D eigenvalue weighted by atomic mass is 16.6. The first-order valence-electron chi connectivity index (χ1n) is 16.5. The van der Waals surface area contributed by atoms with Gasteiger partial charge in [-0.1, -0.05) is 19.8 Å². The normalized spacial score (nSPS) is 28.1. The van der Waals surface area contributed by atoms with Crippen LogP contribution in [0, 0.1) is 25.7 Å². The maximum absolute atomic E-state index is 13.4. The first kappa shape index (κ1) is 31.2. The number of methoxy groups -OCH3 is 1. The monoisotopic (exact) mass is 583 g/mol. The van der Waals surface area contributed by atoms with Gasteiger partial charge in [-0.25, -0.2) is 14.8 Å². The van der Waals surface area contributed by atoms with Crippen LogP contribution in [-0.4, -0.2) is 100 Å². The molecule has 3 aliphatic heterocycles. The number of hydrogen-bond acceptors (Lipinski definition) is 7. The third-order valence-corrected chi connectivity index (χ3v) is 11.2. The average molecular weight is 584 g/mol. The van der Waals surface area contributed by atoms with E-state index in [9.17, 15) is 9.59 Å². The van der Waals surface area contributed by atoms with Gasteiger partial charge in [0, 0.05) is 70.7 Å². The molecule has 0 radical (unpaired) electrons. The number of unbranched alkanes of at least 4 members (excludes halogenated alkanes) is 1. The lowest BCUT2D eigenvalue weighted by atomic mass is 9.74. The molecular weight excluding hydrogens is 530 g/mol. The van der Waals surface area contributed by atoms with Gasteiger partial charge in [0.1, 0.15) is 11.9 Å². The molecule has 234 valence electrons. The quantitative estimate of drug-likeness (QED) is 0.406. The van der Waals surface area contributed by atoms with Crippen LogP contribution < -0.4 is 0 Å². The Kier molecular flexibility index (Phi) is 9.77. The van der Waals surface area contributed by atoms with Crippen molar-refractivity contribution in [1.82, 2.24) is 24.7 Å². The molecule has 1 spiro atoms. The molecule has 3 saturated heterocycles. The second-order valence-corrected chi connectivity index (χ2v) is 13.8. The summed E-state index contributed by atoms with van der Waals surface area (Å²) in [6.07, 6.45) is 13.4. The summed E-state index contributed by atoms with van der Waals surface area (Å²) in [7, 11) is 1.81. The minimum Gasteiger partial charge on any atom is -0.442 e. The zero-order valence-electron chi connectivity index (χ0n) is 26.7. The number of piperidine rings is 2. The van der Waals surface area contributed by atoms with E-state index in [1.165, 1.54) is 12.7 Å². The number of carbonyl (C=O) groups excluding carboxylic acids is 2. The third-order valence-electron chi connectivity index (χ3n) is 11.2. The molecule has 0 unspecified atom stereocenters. The average Bonchev–Trinajstić information content (AvgIpc) is 2.99. The molecule has 0 aromatic carbocycles. The number of carbonyl (C=O) groups is 2. The number of ether oxygens (including phenoxy) is 2. The first-order valence-corrected chi connectivity index (χ1v) is 16.5. The Morgan fingerprint density at radius 1 is 1.02 bits per heavy atom. The van der Waals surface area contributed by atoms with Gasteiger partial charge < -0.3 is 19.3 Å². The largest absolute Gasteiger partial charge is 0.442 e. The van der Waals surface area contributed by atoms with Crippen LogP contribution in [0.5, 0.6) is 0 Å². The molecule has 0 bridgehead atoms. The Morgan fingerprint density at radius 3 is 2.26 bits per heavy atom. The summed E-state index contributed by atoms with van der Waals surface area (Å²) < 4.78 is 12.0. The van der Waals surface area contributed by atoms with E-state index in [1.54, 1.807) is 0 Å². The highest BCUT2D eigenvalue weighted by Gasteiger charge is 2.51. The predicted molar refractivity (Wildman–Crippen MR) is 162 cm³/mol. The Labute approximate surface area is 252 Å². The molecule has 4 heterocycles. The van der Waals surface area contributed by atoms with Crippen molar-refractivity contribution in [3.8, 4) is 0 Å². The number of nitrogens with zero attached hydrogens (tertiary/aromatic N) is 5. The van der Waals surface area contributed by atoms with Crippen molar-refractivity contribution in [2.75, 3.05) is 46.4 Å². The van der Waals surface area contributed by atoms with Crippen molar-refractivity contribution < 1.29 is 19.1 Å². The number of likely N-dealkylation sites (tertiary alicyclic amines) is 2. The predicted octanol–water partition coefficient (Wildman–Crippen LogP) is 5.39. The lowest BCUT2D eigenvalue weighted by Crippen LogP contribution is -2.64. The van der Waals surface area contributed by atoms with Crippen LogP contribution in [0.15, 0.2) is 6.33 Å². The summed E-state index contributed by atoms with van der Waals surface area (Å²) in [5.41, 5.74) is 1.84. The standard InChI is InChI=1S/C33H53N5O4/c1-6-7-8-27-22-37(21-26-9-11-28(41-5)12-10-26)31(40)42-33(27)15-19-38(20-16-33)32(4)13-17-36(18-14-32)30(39)29-24(2)34-23-35-25(29)3/h23,26-28H,6-22H2,1-5H3/t26?,27-,28?/m0/s1. The Hall–Kier alpha value is -2.26. The zero-order valence-corrected chi connectivity index (χ0v) is 26.7. The van der Waals surface area contributed by atoms with Crippen molar-refractivity contribution in [3.63, 3.8) is 0 Å². The molecule has 1 aromatic heterocycles. The van der Waals surface area contributed by atoms with Gasteiger partial charge in [-0.3, -0.25) is 9.69 Å². The second-order valence-electron chi connectivity index (χ2n) is 13.8. The lowest BCUT2D eigenvalue weighted by Gasteiger charge is -2.55. The highest BCUT2D eigenvalue weighted by Crippen LogP contribution is 2.44.